The van der Waals surface area contributed by atoms with Gasteiger partial charge in [-0.05, 0) is 54.7 Å². The van der Waals surface area contributed by atoms with Crippen LogP contribution in [0.2, 0.25) is 0 Å². The molecule has 1 saturated carbocycles. The fourth-order valence-electron chi connectivity index (χ4n) is 4.40. The third-order valence-electron chi connectivity index (χ3n) is 5.90. The van der Waals surface area contributed by atoms with E-state index in [1.807, 2.05) is 26.3 Å². The number of hydrogen-bond acceptors (Lipinski definition) is 4. The second kappa shape index (κ2) is 7.78. The molecule has 26 heavy (non-hydrogen) atoms. The monoisotopic (exact) mass is 357 g/mol. The van der Waals surface area contributed by atoms with E-state index in [0.29, 0.717) is 5.92 Å². The molecule has 1 aromatic carbocycles. The molecular formula is C21H31N3O2. The lowest BCUT2D eigenvalue weighted by molar-refractivity contribution is -0.0614. The zero-order valence-corrected chi connectivity index (χ0v) is 16.6. The van der Waals surface area contributed by atoms with E-state index in [1.165, 1.54) is 18.4 Å². The van der Waals surface area contributed by atoms with Crippen LogP contribution in [0.4, 0.5) is 0 Å². The average molecular weight is 357 g/mol. The molecule has 5 heteroatoms. The highest BCUT2D eigenvalue weighted by Gasteiger charge is 2.46. The first-order valence-electron chi connectivity index (χ1n) is 9.46. The summed E-state index contributed by atoms with van der Waals surface area (Å²) < 4.78 is 13.0. The van der Waals surface area contributed by atoms with Gasteiger partial charge in [-0.2, -0.15) is 5.10 Å². The summed E-state index contributed by atoms with van der Waals surface area (Å²) in [5.74, 6) is 2.59. The fraction of sp³-hybridized carbons (Fsp3) is 0.619. The van der Waals surface area contributed by atoms with Crippen molar-refractivity contribution < 1.29 is 9.47 Å². The van der Waals surface area contributed by atoms with E-state index in [9.17, 15) is 0 Å². The quantitative estimate of drug-likeness (QED) is 0.784. The van der Waals surface area contributed by atoms with Gasteiger partial charge in [-0.15, -0.1) is 0 Å². The molecule has 1 fully saturated rings. The van der Waals surface area contributed by atoms with E-state index >= 15 is 0 Å². The van der Waals surface area contributed by atoms with E-state index in [2.05, 4.69) is 36.1 Å². The van der Waals surface area contributed by atoms with Crippen LogP contribution >= 0.6 is 0 Å². The molecule has 3 rings (SSSR count). The zero-order valence-electron chi connectivity index (χ0n) is 16.6. The minimum Gasteiger partial charge on any atom is -0.497 e. The Morgan fingerprint density at radius 2 is 1.92 bits per heavy atom. The molecule has 3 atom stereocenters. The SMILES string of the molecule is COc1ccc(CC[C@@H]2CCC(C)(C)[C@H](OC)[C@H]2c2ncn(C)n2)cc1. The lowest BCUT2D eigenvalue weighted by Gasteiger charge is -2.46. The van der Waals surface area contributed by atoms with Crippen LogP contribution in [-0.2, 0) is 18.2 Å². The molecule has 0 saturated heterocycles. The van der Waals surface area contributed by atoms with Gasteiger partial charge in [0, 0.05) is 14.2 Å². The standard InChI is InChI=1S/C21H31N3O2/c1-21(2)13-12-16(9-6-15-7-10-17(25-4)11-8-15)18(19(21)26-5)20-22-14-24(3)23-20/h7-8,10-11,14,16,18-19H,6,9,12-13H2,1-5H3/t16-,18+,19-/m1/s1. The van der Waals surface area contributed by atoms with Crippen molar-refractivity contribution in [3.63, 3.8) is 0 Å². The summed E-state index contributed by atoms with van der Waals surface area (Å²) in [4.78, 5) is 4.59. The summed E-state index contributed by atoms with van der Waals surface area (Å²) in [7, 11) is 5.46. The highest BCUT2D eigenvalue weighted by atomic mass is 16.5. The molecule has 1 aromatic heterocycles. The Hall–Kier alpha value is -1.88. The van der Waals surface area contributed by atoms with E-state index in [1.54, 1.807) is 18.1 Å². The summed E-state index contributed by atoms with van der Waals surface area (Å²) in [6.45, 7) is 4.60. The van der Waals surface area contributed by atoms with Crippen LogP contribution in [0.3, 0.4) is 0 Å². The van der Waals surface area contributed by atoms with Crippen LogP contribution in [0.25, 0.3) is 0 Å². The lowest BCUT2D eigenvalue weighted by Crippen LogP contribution is -2.44. The van der Waals surface area contributed by atoms with Crippen molar-refractivity contribution in [1.82, 2.24) is 14.8 Å². The topological polar surface area (TPSA) is 49.2 Å². The van der Waals surface area contributed by atoms with Gasteiger partial charge in [0.2, 0.25) is 0 Å². The highest BCUT2D eigenvalue weighted by Crippen LogP contribution is 2.48. The van der Waals surface area contributed by atoms with Gasteiger partial charge in [0.15, 0.2) is 5.82 Å². The molecule has 1 aliphatic rings. The van der Waals surface area contributed by atoms with Gasteiger partial charge >= 0.3 is 0 Å². The van der Waals surface area contributed by atoms with E-state index < -0.39 is 0 Å². The Kier molecular flexibility index (Phi) is 5.66. The molecule has 142 valence electrons. The van der Waals surface area contributed by atoms with E-state index in [4.69, 9.17) is 9.47 Å². The van der Waals surface area contributed by atoms with Crippen molar-refractivity contribution in [2.75, 3.05) is 14.2 Å². The first kappa shape index (κ1) is 18.9. The molecule has 2 aromatic rings. The largest absolute Gasteiger partial charge is 0.497 e. The van der Waals surface area contributed by atoms with Crippen molar-refractivity contribution >= 4 is 0 Å². The molecule has 0 unspecified atom stereocenters. The van der Waals surface area contributed by atoms with E-state index in [0.717, 1.165) is 24.4 Å². The number of nitrogens with zero attached hydrogens (tertiary/aromatic N) is 3. The van der Waals surface area contributed by atoms with Crippen LogP contribution in [-0.4, -0.2) is 35.1 Å². The second-order valence-electron chi connectivity index (χ2n) is 8.13. The number of methoxy groups -OCH3 is 2. The number of benzene rings is 1. The summed E-state index contributed by atoms with van der Waals surface area (Å²) >= 11 is 0. The number of rotatable bonds is 6. The summed E-state index contributed by atoms with van der Waals surface area (Å²) in [5.41, 5.74) is 1.48. The van der Waals surface area contributed by atoms with Gasteiger partial charge in [-0.3, -0.25) is 4.68 Å². The van der Waals surface area contributed by atoms with Gasteiger partial charge in [0.25, 0.3) is 0 Å². The molecule has 0 amide bonds. The highest BCUT2D eigenvalue weighted by molar-refractivity contribution is 5.27. The summed E-state index contributed by atoms with van der Waals surface area (Å²) in [6.07, 6.45) is 6.46. The fourth-order valence-corrected chi connectivity index (χ4v) is 4.40. The van der Waals surface area contributed by atoms with E-state index in [-0.39, 0.29) is 17.4 Å². The molecule has 0 radical (unpaired) electrons. The smallest absolute Gasteiger partial charge is 0.156 e. The normalized spacial score (nSPS) is 25.2. The molecule has 5 nitrogen and oxygen atoms in total. The molecule has 0 spiro atoms. The predicted octanol–water partition coefficient (Wildman–Crippen LogP) is 3.99. The molecule has 0 N–H and O–H groups in total. The van der Waals surface area contributed by atoms with Crippen molar-refractivity contribution in [1.29, 1.82) is 0 Å². The molecule has 1 heterocycles. The van der Waals surface area contributed by atoms with Crippen LogP contribution in [0.5, 0.6) is 5.75 Å². The minimum absolute atomic E-state index is 0.134. The second-order valence-corrected chi connectivity index (χ2v) is 8.13. The van der Waals surface area contributed by atoms with Crippen LogP contribution in [0.15, 0.2) is 30.6 Å². The molecule has 0 bridgehead atoms. The number of aryl methyl sites for hydroxylation is 2. The zero-order chi connectivity index (χ0) is 18.7. The Balaban J connectivity index is 1.78. The molecule has 0 aliphatic heterocycles. The Morgan fingerprint density at radius 3 is 2.50 bits per heavy atom. The summed E-state index contributed by atoms with van der Waals surface area (Å²) in [6, 6.07) is 8.39. The van der Waals surface area contributed by atoms with Crippen LogP contribution < -0.4 is 4.74 Å². The first-order chi connectivity index (χ1) is 12.4. The van der Waals surface area contributed by atoms with Crippen molar-refractivity contribution in [3.05, 3.63) is 42.0 Å². The van der Waals surface area contributed by atoms with Crippen LogP contribution in [0.1, 0.15) is 50.4 Å². The first-order valence-corrected chi connectivity index (χ1v) is 9.46. The maximum atomic E-state index is 5.99. The maximum Gasteiger partial charge on any atom is 0.156 e. The van der Waals surface area contributed by atoms with Gasteiger partial charge in [-0.1, -0.05) is 26.0 Å². The Bertz CT molecular complexity index is 708. The minimum atomic E-state index is 0.134. The maximum absolute atomic E-state index is 5.99. The number of ether oxygens (including phenoxy) is 2. The Morgan fingerprint density at radius 1 is 1.19 bits per heavy atom. The van der Waals surface area contributed by atoms with Crippen LogP contribution in [0, 0.1) is 11.3 Å². The molecular weight excluding hydrogens is 326 g/mol. The van der Waals surface area contributed by atoms with Crippen molar-refractivity contribution in [2.24, 2.45) is 18.4 Å². The van der Waals surface area contributed by atoms with Gasteiger partial charge in [0.05, 0.1) is 19.1 Å². The Labute approximate surface area is 156 Å². The number of aromatic nitrogens is 3. The predicted molar refractivity (Wildman–Crippen MR) is 102 cm³/mol. The summed E-state index contributed by atoms with van der Waals surface area (Å²) in [5, 5.41) is 4.64. The van der Waals surface area contributed by atoms with Gasteiger partial charge in [-0.25, -0.2) is 4.98 Å². The average Bonchev–Trinajstić information content (AvgIpc) is 3.06. The molecule has 1 aliphatic carbocycles. The lowest BCUT2D eigenvalue weighted by atomic mass is 9.63. The number of hydrogen-bond donors (Lipinski definition) is 0. The third-order valence-corrected chi connectivity index (χ3v) is 5.90. The third kappa shape index (κ3) is 3.93. The van der Waals surface area contributed by atoms with Gasteiger partial charge in [0.1, 0.15) is 12.1 Å². The van der Waals surface area contributed by atoms with Gasteiger partial charge < -0.3 is 9.47 Å². The van der Waals surface area contributed by atoms with Crippen molar-refractivity contribution in [3.8, 4) is 5.75 Å². The van der Waals surface area contributed by atoms with Crippen molar-refractivity contribution in [2.45, 2.75) is 51.6 Å².